The largest absolute Gasteiger partial charge is 0.463 e. The number of benzene rings is 1. The molecule has 0 aliphatic carbocycles. The number of carbonyl (C=O) groups is 1. The Labute approximate surface area is 140 Å². The Bertz CT molecular complexity index is 538. The Morgan fingerprint density at radius 3 is 2.50 bits per heavy atom. The molecule has 1 aromatic rings. The van der Waals surface area contributed by atoms with Crippen LogP contribution in [0.4, 0.5) is 0 Å². The van der Waals surface area contributed by atoms with Crippen LogP contribution in [0.3, 0.4) is 0 Å². The monoisotopic (exact) mass is 340 g/mol. The fourth-order valence-electron chi connectivity index (χ4n) is 2.61. The smallest absolute Gasteiger partial charge is 0.223 e. The van der Waals surface area contributed by atoms with Crippen molar-refractivity contribution in [1.82, 2.24) is 5.32 Å². The fourth-order valence-corrected chi connectivity index (χ4v) is 2.61. The van der Waals surface area contributed by atoms with Crippen LogP contribution in [-0.4, -0.2) is 65.0 Å². The first-order chi connectivity index (χ1) is 11.5. The van der Waals surface area contributed by atoms with Gasteiger partial charge in [-0.2, -0.15) is 0 Å². The number of ether oxygens (including phenoxy) is 2. The molecule has 5 atom stereocenters. The summed E-state index contributed by atoms with van der Waals surface area (Å²) < 4.78 is 11.2. The third-order valence-electron chi connectivity index (χ3n) is 3.86. The number of carbonyl (C=O) groups excluding carboxylic acids is 1. The van der Waals surface area contributed by atoms with E-state index in [9.17, 15) is 20.1 Å². The molecule has 2 rings (SSSR count). The van der Waals surface area contributed by atoms with Crippen LogP contribution in [0.1, 0.15) is 12.5 Å². The predicted octanol–water partition coefficient (Wildman–Crippen LogP) is -1.49. The van der Waals surface area contributed by atoms with E-state index in [1.807, 2.05) is 12.1 Å². The molecule has 6 N–H and O–H groups in total. The molecule has 1 aliphatic rings. The molecule has 1 fully saturated rings. The van der Waals surface area contributed by atoms with Gasteiger partial charge in [0, 0.05) is 6.92 Å². The van der Waals surface area contributed by atoms with Crippen molar-refractivity contribution in [3.05, 3.63) is 29.8 Å². The van der Waals surface area contributed by atoms with Gasteiger partial charge in [-0.15, -0.1) is 0 Å². The summed E-state index contributed by atoms with van der Waals surface area (Å²) in [6, 6.07) is 6.19. The minimum absolute atomic E-state index is 0.399. The second-order valence-electron chi connectivity index (χ2n) is 5.73. The zero-order chi connectivity index (χ0) is 17.7. The summed E-state index contributed by atoms with van der Waals surface area (Å²) in [6.07, 6.45) is -3.98. The average molecular weight is 340 g/mol. The molecule has 0 saturated carbocycles. The van der Waals surface area contributed by atoms with Crippen molar-refractivity contribution in [2.75, 3.05) is 13.2 Å². The number of rotatable bonds is 6. The third kappa shape index (κ3) is 4.43. The van der Waals surface area contributed by atoms with E-state index in [-0.39, 0.29) is 0 Å². The van der Waals surface area contributed by atoms with E-state index in [0.717, 1.165) is 12.0 Å². The third-order valence-corrected chi connectivity index (χ3v) is 3.86. The van der Waals surface area contributed by atoms with Gasteiger partial charge < -0.3 is 35.8 Å². The van der Waals surface area contributed by atoms with Crippen LogP contribution in [0.2, 0.25) is 0 Å². The summed E-state index contributed by atoms with van der Waals surface area (Å²) in [5, 5.41) is 31.9. The quantitative estimate of drug-likeness (QED) is 0.426. The van der Waals surface area contributed by atoms with E-state index >= 15 is 0 Å². The molecule has 1 heterocycles. The van der Waals surface area contributed by atoms with Crippen molar-refractivity contribution in [2.45, 2.75) is 44.0 Å². The maximum absolute atomic E-state index is 11.4. The van der Waals surface area contributed by atoms with Gasteiger partial charge in [0.05, 0.1) is 6.61 Å². The molecule has 1 saturated heterocycles. The van der Waals surface area contributed by atoms with Crippen LogP contribution in [0.15, 0.2) is 24.3 Å². The van der Waals surface area contributed by atoms with Gasteiger partial charge in [-0.3, -0.25) is 4.79 Å². The summed E-state index contributed by atoms with van der Waals surface area (Å²) in [6.45, 7) is 1.34. The number of nitrogens with two attached hydrogens (primary N) is 1. The van der Waals surface area contributed by atoms with Gasteiger partial charge in [-0.1, -0.05) is 12.1 Å². The Morgan fingerprint density at radius 1 is 1.29 bits per heavy atom. The molecule has 1 aromatic carbocycles. The second-order valence-corrected chi connectivity index (χ2v) is 5.73. The Balaban J connectivity index is 2.14. The topological polar surface area (TPSA) is 134 Å². The lowest BCUT2D eigenvalue weighted by Gasteiger charge is -2.42. The zero-order valence-electron chi connectivity index (χ0n) is 13.5. The molecule has 24 heavy (non-hydrogen) atoms. The normalized spacial score (nSPS) is 30.0. The Kier molecular flexibility index (Phi) is 6.52. The Morgan fingerprint density at radius 2 is 1.96 bits per heavy atom. The summed E-state index contributed by atoms with van der Waals surface area (Å²) in [4.78, 5) is 11.4. The highest BCUT2D eigenvalue weighted by Gasteiger charge is 2.46. The molecule has 134 valence electrons. The highest BCUT2D eigenvalue weighted by atomic mass is 16.7. The average Bonchev–Trinajstić information content (AvgIpc) is 2.56. The lowest BCUT2D eigenvalue weighted by Crippen LogP contribution is -2.65. The molecule has 1 amide bonds. The summed E-state index contributed by atoms with van der Waals surface area (Å²) in [5.74, 6) is 0.0700. The van der Waals surface area contributed by atoms with E-state index < -0.39 is 43.2 Å². The van der Waals surface area contributed by atoms with Gasteiger partial charge in [0.2, 0.25) is 12.2 Å². The van der Waals surface area contributed by atoms with Crippen LogP contribution in [0.5, 0.6) is 5.75 Å². The Hall–Kier alpha value is -1.71. The van der Waals surface area contributed by atoms with Crippen molar-refractivity contribution in [2.24, 2.45) is 5.73 Å². The minimum Gasteiger partial charge on any atom is -0.463 e. The van der Waals surface area contributed by atoms with Crippen LogP contribution >= 0.6 is 0 Å². The number of nitrogens with one attached hydrogen (secondary N) is 1. The molecule has 0 radical (unpaired) electrons. The summed E-state index contributed by atoms with van der Waals surface area (Å²) in [7, 11) is 0. The van der Waals surface area contributed by atoms with Crippen molar-refractivity contribution in [1.29, 1.82) is 0 Å². The molecular formula is C16H24N2O6. The van der Waals surface area contributed by atoms with E-state index in [2.05, 4.69) is 5.32 Å². The molecule has 1 aliphatic heterocycles. The number of amides is 1. The van der Waals surface area contributed by atoms with Crippen LogP contribution < -0.4 is 15.8 Å². The van der Waals surface area contributed by atoms with Gasteiger partial charge in [-0.05, 0) is 30.7 Å². The van der Waals surface area contributed by atoms with E-state index in [1.165, 1.54) is 6.92 Å². The standard InChI is InChI=1S/C16H24N2O6/c1-9(20)18-13-15(22)14(21)12(8-19)24-16(13)23-11-4-2-10(3-5-11)6-7-17/h2-5,12-16,19,21-22H,6-8,17H2,1H3,(H,18,20)/t12-,13-,14-,15-,16-/m1/s1. The second kappa shape index (κ2) is 8.41. The first-order valence-corrected chi connectivity index (χ1v) is 7.81. The molecule has 8 nitrogen and oxygen atoms in total. The van der Waals surface area contributed by atoms with Crippen molar-refractivity contribution < 1.29 is 29.6 Å². The number of hydrogen-bond donors (Lipinski definition) is 5. The van der Waals surface area contributed by atoms with Crippen LogP contribution in [0, 0.1) is 0 Å². The highest BCUT2D eigenvalue weighted by molar-refractivity contribution is 5.73. The van der Waals surface area contributed by atoms with E-state index in [4.69, 9.17) is 15.2 Å². The number of aliphatic hydroxyl groups is 3. The van der Waals surface area contributed by atoms with E-state index in [1.54, 1.807) is 12.1 Å². The van der Waals surface area contributed by atoms with Gasteiger partial charge in [0.25, 0.3) is 0 Å². The first kappa shape index (κ1) is 18.6. The van der Waals surface area contributed by atoms with Gasteiger partial charge in [0.15, 0.2) is 0 Å². The molecule has 0 spiro atoms. The molecule has 0 aromatic heterocycles. The van der Waals surface area contributed by atoms with Crippen molar-refractivity contribution in [3.8, 4) is 5.75 Å². The van der Waals surface area contributed by atoms with Gasteiger partial charge in [-0.25, -0.2) is 0 Å². The lowest BCUT2D eigenvalue weighted by atomic mass is 9.97. The summed E-state index contributed by atoms with van der Waals surface area (Å²) >= 11 is 0. The molecular weight excluding hydrogens is 316 g/mol. The maximum atomic E-state index is 11.4. The molecule has 8 heteroatoms. The lowest BCUT2D eigenvalue weighted by molar-refractivity contribution is -0.244. The minimum atomic E-state index is -1.33. The molecule has 0 unspecified atom stereocenters. The predicted molar refractivity (Wildman–Crippen MR) is 85.2 cm³/mol. The highest BCUT2D eigenvalue weighted by Crippen LogP contribution is 2.24. The van der Waals surface area contributed by atoms with Crippen molar-refractivity contribution in [3.63, 3.8) is 0 Å². The van der Waals surface area contributed by atoms with Crippen LogP contribution in [-0.2, 0) is 16.0 Å². The van der Waals surface area contributed by atoms with Gasteiger partial charge >= 0.3 is 0 Å². The summed E-state index contributed by atoms with van der Waals surface area (Å²) in [5.41, 5.74) is 6.56. The number of aliphatic hydroxyl groups excluding tert-OH is 3. The van der Waals surface area contributed by atoms with E-state index in [0.29, 0.717) is 12.3 Å². The fraction of sp³-hybridized carbons (Fsp3) is 0.562. The van der Waals surface area contributed by atoms with Gasteiger partial charge in [0.1, 0.15) is 30.1 Å². The zero-order valence-corrected chi connectivity index (χ0v) is 13.5. The molecule has 0 bridgehead atoms. The van der Waals surface area contributed by atoms with Crippen molar-refractivity contribution >= 4 is 5.91 Å². The number of hydrogen-bond acceptors (Lipinski definition) is 7. The van der Waals surface area contributed by atoms with Crippen LogP contribution in [0.25, 0.3) is 0 Å². The first-order valence-electron chi connectivity index (χ1n) is 7.81. The maximum Gasteiger partial charge on any atom is 0.223 e. The SMILES string of the molecule is CC(=O)N[C@H]1[C@H](Oc2ccc(CCN)cc2)O[C@H](CO)[C@@H](O)[C@@H]1O.